The Morgan fingerprint density at radius 2 is 1.77 bits per heavy atom. The average molecular weight is 722 g/mol. The second-order valence-electron chi connectivity index (χ2n) is 16.1. The molecule has 2 saturated heterocycles. The first-order valence-corrected chi connectivity index (χ1v) is 19.1. The van der Waals surface area contributed by atoms with Crippen LogP contribution in [0, 0.1) is 11.3 Å². The number of carboxylic acid groups (broad SMARTS) is 1. The summed E-state index contributed by atoms with van der Waals surface area (Å²) in [7, 11) is 0. The summed E-state index contributed by atoms with van der Waals surface area (Å²) in [5.74, 6) is 1.49. The fraction of sp³-hybridized carbons (Fsp3) is 0.500. The number of nitrogens with two attached hydrogens (primary N) is 2. The zero-order valence-electron chi connectivity index (χ0n) is 30.7. The molecule has 0 radical (unpaired) electrons. The summed E-state index contributed by atoms with van der Waals surface area (Å²) in [6.45, 7) is 9.33. The molecule has 4 aliphatic rings. The van der Waals surface area contributed by atoms with E-state index in [0.29, 0.717) is 46.8 Å². The number of carboxylic acids is 1. The third-order valence-corrected chi connectivity index (χ3v) is 12.4. The van der Waals surface area contributed by atoms with Crippen LogP contribution in [0.25, 0.3) is 11.8 Å². The summed E-state index contributed by atoms with van der Waals surface area (Å²) in [6, 6.07) is 9.50. The van der Waals surface area contributed by atoms with Gasteiger partial charge in [-0.05, 0) is 87.2 Å². The van der Waals surface area contributed by atoms with Crippen molar-refractivity contribution in [3.8, 4) is 5.75 Å². The van der Waals surface area contributed by atoms with E-state index in [0.717, 1.165) is 80.6 Å². The fourth-order valence-electron chi connectivity index (χ4n) is 9.26. The molecule has 1 unspecified atom stereocenters. The maximum absolute atomic E-state index is 11.7. The number of anilines is 3. The van der Waals surface area contributed by atoms with Crippen molar-refractivity contribution in [3.05, 3.63) is 76.4 Å². The summed E-state index contributed by atoms with van der Waals surface area (Å²) in [4.78, 5) is 31.9. The minimum absolute atomic E-state index is 0.0614. The smallest absolute Gasteiger partial charge is 0.314 e. The number of aromatic hydroxyl groups is 1. The number of carbonyl (C=O) groups is 1. The molecule has 13 heteroatoms. The third-order valence-electron chi connectivity index (χ3n) is 12.4. The minimum atomic E-state index is -0.870. The Morgan fingerprint density at radius 3 is 2.45 bits per heavy atom. The maximum Gasteiger partial charge on any atom is 0.314 e. The number of piperidine rings is 1. The summed E-state index contributed by atoms with van der Waals surface area (Å²) in [5, 5.41) is 24.2. The number of phenolic OH excluding ortho intramolecular Hbond substituents is 1. The average Bonchev–Trinajstić information content (AvgIpc) is 3.74. The van der Waals surface area contributed by atoms with E-state index in [9.17, 15) is 15.0 Å². The minimum Gasteiger partial charge on any atom is -0.507 e. The molecule has 53 heavy (non-hydrogen) atoms. The number of rotatable bonds is 9. The Morgan fingerprint density at radius 1 is 1.06 bits per heavy atom. The second kappa shape index (κ2) is 14.1. The van der Waals surface area contributed by atoms with Crippen LogP contribution in [-0.4, -0.2) is 80.0 Å². The van der Waals surface area contributed by atoms with Crippen molar-refractivity contribution >= 4 is 35.3 Å². The lowest BCUT2D eigenvalue weighted by Crippen LogP contribution is -2.59. The van der Waals surface area contributed by atoms with Gasteiger partial charge in [-0.2, -0.15) is 0 Å². The van der Waals surface area contributed by atoms with Crippen molar-refractivity contribution in [2.45, 2.75) is 83.2 Å². The molecule has 0 bridgehead atoms. The predicted octanol–water partition coefficient (Wildman–Crippen LogP) is 5.55. The highest BCUT2D eigenvalue weighted by atomic mass is 16.5. The van der Waals surface area contributed by atoms with E-state index in [1.807, 2.05) is 44.4 Å². The van der Waals surface area contributed by atoms with Gasteiger partial charge in [-0.1, -0.05) is 31.1 Å². The Kier molecular flexibility index (Phi) is 9.30. The van der Waals surface area contributed by atoms with E-state index in [1.165, 1.54) is 31.2 Å². The number of fused-ring (bicyclic) bond motifs is 1. The summed E-state index contributed by atoms with van der Waals surface area (Å²) in [6.07, 6.45) is 13.8. The van der Waals surface area contributed by atoms with Gasteiger partial charge >= 0.3 is 5.97 Å². The van der Waals surface area contributed by atoms with E-state index >= 15 is 0 Å². The highest BCUT2D eigenvalue weighted by molar-refractivity contribution is 5.86. The van der Waals surface area contributed by atoms with E-state index < -0.39 is 11.9 Å². The number of nitrogens with one attached hydrogen (secondary N) is 1. The first-order valence-electron chi connectivity index (χ1n) is 19.1. The van der Waals surface area contributed by atoms with Crippen LogP contribution in [0.15, 0.2) is 47.2 Å². The highest BCUT2D eigenvalue weighted by Crippen LogP contribution is 2.47. The second-order valence-corrected chi connectivity index (χ2v) is 16.1. The van der Waals surface area contributed by atoms with Crippen LogP contribution >= 0.6 is 0 Å². The number of hydrogen-bond donors (Lipinski definition) is 5. The lowest BCUT2D eigenvalue weighted by atomic mass is 9.67. The maximum atomic E-state index is 11.7. The number of aromatic amines is 1. The SMILES string of the molecule is CC(C)C(C(=O)O)c1cc(N2CC3(CCC(N4CCC(c5cnc(N6CCc7[nH]c(N)c(/C=C(\N)c8ccccc8O)c7C6)nc5)CC4)CC3)C2)no1. The first kappa shape index (κ1) is 35.0. The number of hydrogen-bond acceptors (Lipinski definition) is 11. The topological polar surface area (TPSA) is 187 Å². The van der Waals surface area contributed by atoms with Crippen LogP contribution in [0.1, 0.15) is 97.9 Å². The molecule has 1 aromatic carbocycles. The molecule has 1 aliphatic carbocycles. The van der Waals surface area contributed by atoms with E-state index in [4.69, 9.17) is 26.0 Å². The van der Waals surface area contributed by atoms with Gasteiger partial charge in [0.05, 0.1) is 0 Å². The van der Waals surface area contributed by atoms with Gasteiger partial charge in [-0.25, -0.2) is 9.97 Å². The molecule has 4 aromatic rings. The first-order chi connectivity index (χ1) is 25.6. The van der Waals surface area contributed by atoms with E-state index in [1.54, 1.807) is 18.2 Å². The number of aliphatic carboxylic acids is 1. The standard InChI is InChI=1S/C40H51N9O4/c1-24(2)36(38(51)52)34-18-35(46-53-34)49-22-40(23-49)12-7-27(8-13-40)47-14-9-25(10-15-47)26-19-43-39(44-20-26)48-16-11-32-30(21-48)29(37(42)45-32)17-31(41)28-5-3-4-6-33(28)50/h3-6,17-20,24-25,27,36,45,50H,7-16,21-23,41-42H2,1-2H3,(H,51,52)/b31-17-. The van der Waals surface area contributed by atoms with Crippen LogP contribution in [0.2, 0.25) is 0 Å². The molecule has 3 aromatic heterocycles. The van der Waals surface area contributed by atoms with Crippen LogP contribution in [-0.2, 0) is 17.8 Å². The van der Waals surface area contributed by atoms with Gasteiger partial charge in [0.25, 0.3) is 0 Å². The fourth-order valence-corrected chi connectivity index (χ4v) is 9.26. The van der Waals surface area contributed by atoms with Gasteiger partial charge in [0.1, 0.15) is 17.5 Å². The molecule has 0 amide bonds. The van der Waals surface area contributed by atoms with Gasteiger partial charge in [0.15, 0.2) is 11.6 Å². The normalized spacial score (nSPS) is 20.5. The number of phenols is 1. The Balaban J connectivity index is 0.822. The van der Waals surface area contributed by atoms with Crippen LogP contribution in [0.4, 0.5) is 17.6 Å². The number of nitrogen functional groups attached to an aromatic ring is 1. The van der Waals surface area contributed by atoms with Gasteiger partial charge in [0.2, 0.25) is 5.95 Å². The van der Waals surface area contributed by atoms with Crippen molar-refractivity contribution in [2.24, 2.45) is 17.1 Å². The van der Waals surface area contributed by atoms with Crippen molar-refractivity contribution in [3.63, 3.8) is 0 Å². The molecule has 8 rings (SSSR count). The quantitative estimate of drug-likeness (QED) is 0.145. The number of nitrogens with zero attached hydrogens (tertiary/aromatic N) is 6. The van der Waals surface area contributed by atoms with Gasteiger partial charge in [-0.3, -0.25) is 4.79 Å². The van der Waals surface area contributed by atoms with Gasteiger partial charge in [-0.15, -0.1) is 0 Å². The molecule has 6 heterocycles. The summed E-state index contributed by atoms with van der Waals surface area (Å²) in [5.41, 5.74) is 18.4. The molecular weight excluding hydrogens is 670 g/mol. The lowest BCUT2D eigenvalue weighted by Gasteiger charge is -2.54. The number of benzene rings is 1. The molecular formula is C40H51N9O4. The number of aromatic nitrogens is 4. The third kappa shape index (κ3) is 6.82. The molecule has 13 nitrogen and oxygen atoms in total. The van der Waals surface area contributed by atoms with Gasteiger partial charge in [0, 0.05) is 90.6 Å². The van der Waals surface area contributed by atoms with Crippen molar-refractivity contribution in [1.29, 1.82) is 0 Å². The Hall–Kier alpha value is -5.04. The molecule has 1 spiro atoms. The van der Waals surface area contributed by atoms with E-state index in [-0.39, 0.29) is 11.7 Å². The Labute approximate surface area is 310 Å². The number of para-hydroxylation sites is 1. The largest absolute Gasteiger partial charge is 0.507 e. The van der Waals surface area contributed by atoms with E-state index in [2.05, 4.69) is 24.8 Å². The summed E-state index contributed by atoms with van der Waals surface area (Å²) < 4.78 is 5.49. The van der Waals surface area contributed by atoms with Crippen molar-refractivity contribution < 1.29 is 19.5 Å². The monoisotopic (exact) mass is 721 g/mol. The molecule has 7 N–H and O–H groups in total. The molecule has 3 fully saturated rings. The Bertz CT molecular complexity index is 1960. The molecule has 280 valence electrons. The number of likely N-dealkylation sites (tertiary alicyclic amines) is 1. The zero-order chi connectivity index (χ0) is 36.9. The van der Waals surface area contributed by atoms with Gasteiger partial charge < -0.3 is 45.9 Å². The van der Waals surface area contributed by atoms with Crippen LogP contribution in [0.5, 0.6) is 5.75 Å². The molecule has 1 atom stereocenters. The predicted molar refractivity (Wildman–Crippen MR) is 204 cm³/mol. The highest BCUT2D eigenvalue weighted by Gasteiger charge is 2.47. The van der Waals surface area contributed by atoms with Crippen LogP contribution < -0.4 is 21.3 Å². The molecule has 1 saturated carbocycles. The lowest BCUT2D eigenvalue weighted by molar-refractivity contribution is -0.140. The summed E-state index contributed by atoms with van der Waals surface area (Å²) >= 11 is 0. The zero-order valence-corrected chi connectivity index (χ0v) is 30.7. The van der Waals surface area contributed by atoms with Crippen LogP contribution in [0.3, 0.4) is 0 Å². The number of H-pyrrole nitrogens is 1. The van der Waals surface area contributed by atoms with Crippen molar-refractivity contribution in [1.82, 2.24) is 25.0 Å². The van der Waals surface area contributed by atoms with Crippen molar-refractivity contribution in [2.75, 3.05) is 48.3 Å². The molecule has 3 aliphatic heterocycles.